The summed E-state index contributed by atoms with van der Waals surface area (Å²) in [7, 11) is 0. The number of rotatable bonds is 5. The number of anilines is 3. The van der Waals surface area contributed by atoms with Gasteiger partial charge in [0.2, 0.25) is 0 Å². The third kappa shape index (κ3) is 4.50. The van der Waals surface area contributed by atoms with Gasteiger partial charge in [-0.25, -0.2) is 0 Å². The fourth-order valence-electron chi connectivity index (χ4n) is 7.75. The van der Waals surface area contributed by atoms with Crippen LogP contribution >= 0.6 is 0 Å². The molecule has 1 heterocycles. The lowest BCUT2D eigenvalue weighted by molar-refractivity contribution is 0.672. The summed E-state index contributed by atoms with van der Waals surface area (Å²) >= 11 is 0. The first kappa shape index (κ1) is 28.4. The van der Waals surface area contributed by atoms with Crippen molar-refractivity contribution in [3.8, 4) is 22.3 Å². The largest absolute Gasteiger partial charge is 0.455 e. The number of benzene rings is 9. The molecule has 0 unspecified atom stereocenters. The number of furan rings is 1. The Morgan fingerprint density at radius 3 is 1.88 bits per heavy atom. The van der Waals surface area contributed by atoms with E-state index in [0.29, 0.717) is 0 Å². The van der Waals surface area contributed by atoms with Crippen molar-refractivity contribution in [1.29, 1.82) is 0 Å². The Balaban J connectivity index is 1.32. The standard InChI is InChI=1S/C48H31NO/c1-2-15-34(16-3-1)38-21-10-11-25-44(38)49(36-29-28-32-14-4-5-18-35(32)30-36)45-26-13-27-46-47(45)43-31-42(40-22-8-9-23-41(40)48(43)50-46)39-24-12-19-33-17-6-7-20-37(33)39/h1-31H. The molecule has 0 aliphatic heterocycles. The molecule has 0 fully saturated rings. The lowest BCUT2D eigenvalue weighted by Gasteiger charge is -2.29. The van der Waals surface area contributed by atoms with Gasteiger partial charge in [0.1, 0.15) is 11.2 Å². The predicted molar refractivity (Wildman–Crippen MR) is 212 cm³/mol. The van der Waals surface area contributed by atoms with E-state index in [0.717, 1.165) is 50.0 Å². The molecule has 0 aliphatic rings. The highest BCUT2D eigenvalue weighted by atomic mass is 16.3. The van der Waals surface area contributed by atoms with E-state index in [1.165, 1.54) is 43.6 Å². The van der Waals surface area contributed by atoms with Crippen LogP contribution < -0.4 is 4.90 Å². The molecule has 234 valence electrons. The highest BCUT2D eigenvalue weighted by Crippen LogP contribution is 2.48. The Labute approximate surface area is 290 Å². The molecule has 9 aromatic carbocycles. The smallest absolute Gasteiger partial charge is 0.143 e. The Morgan fingerprint density at radius 1 is 0.360 bits per heavy atom. The normalized spacial score (nSPS) is 11.6. The van der Waals surface area contributed by atoms with Crippen molar-refractivity contribution in [3.63, 3.8) is 0 Å². The van der Waals surface area contributed by atoms with Crippen LogP contribution in [0.2, 0.25) is 0 Å². The van der Waals surface area contributed by atoms with Gasteiger partial charge in [0.25, 0.3) is 0 Å². The molecule has 0 amide bonds. The van der Waals surface area contributed by atoms with E-state index >= 15 is 0 Å². The quantitative estimate of drug-likeness (QED) is 0.187. The third-order valence-corrected chi connectivity index (χ3v) is 10.0. The van der Waals surface area contributed by atoms with Crippen LogP contribution in [-0.4, -0.2) is 0 Å². The molecule has 0 saturated carbocycles. The van der Waals surface area contributed by atoms with E-state index in [4.69, 9.17) is 4.42 Å². The summed E-state index contributed by atoms with van der Waals surface area (Å²) in [5.41, 5.74) is 9.77. The zero-order valence-corrected chi connectivity index (χ0v) is 27.3. The average molecular weight is 638 g/mol. The molecule has 2 heteroatoms. The highest BCUT2D eigenvalue weighted by molar-refractivity contribution is 6.23. The van der Waals surface area contributed by atoms with Gasteiger partial charge in [0.15, 0.2) is 0 Å². The minimum atomic E-state index is 0.862. The summed E-state index contributed by atoms with van der Waals surface area (Å²) in [5.74, 6) is 0. The Bertz CT molecular complexity index is 2880. The fraction of sp³-hybridized carbons (Fsp3) is 0. The van der Waals surface area contributed by atoms with E-state index in [1.54, 1.807) is 0 Å². The molecule has 50 heavy (non-hydrogen) atoms. The maximum Gasteiger partial charge on any atom is 0.143 e. The van der Waals surface area contributed by atoms with E-state index in [-0.39, 0.29) is 0 Å². The van der Waals surface area contributed by atoms with Crippen LogP contribution in [-0.2, 0) is 0 Å². The van der Waals surface area contributed by atoms with Crippen molar-refractivity contribution in [2.24, 2.45) is 0 Å². The Kier molecular flexibility index (Phi) is 6.53. The number of nitrogens with zero attached hydrogens (tertiary/aromatic N) is 1. The van der Waals surface area contributed by atoms with Crippen LogP contribution in [0, 0.1) is 0 Å². The van der Waals surface area contributed by atoms with Crippen molar-refractivity contribution in [2.45, 2.75) is 0 Å². The van der Waals surface area contributed by atoms with E-state index in [2.05, 4.69) is 193 Å². The molecule has 0 saturated heterocycles. The summed E-state index contributed by atoms with van der Waals surface area (Å²) in [6, 6.07) is 67.4. The Morgan fingerprint density at radius 2 is 1.00 bits per heavy atom. The maximum atomic E-state index is 6.87. The molecule has 1 aromatic heterocycles. The van der Waals surface area contributed by atoms with Gasteiger partial charge in [-0.3, -0.25) is 0 Å². The summed E-state index contributed by atoms with van der Waals surface area (Å²) in [6.45, 7) is 0. The molecule has 10 aromatic rings. The van der Waals surface area contributed by atoms with Crippen LogP contribution in [0.3, 0.4) is 0 Å². The van der Waals surface area contributed by atoms with Gasteiger partial charge in [-0.15, -0.1) is 0 Å². The predicted octanol–water partition coefficient (Wildman–Crippen LogP) is 13.8. The number of hydrogen-bond acceptors (Lipinski definition) is 2. The molecule has 0 atom stereocenters. The van der Waals surface area contributed by atoms with Crippen molar-refractivity contribution in [2.75, 3.05) is 4.90 Å². The van der Waals surface area contributed by atoms with Gasteiger partial charge in [0.05, 0.1) is 16.8 Å². The van der Waals surface area contributed by atoms with Gasteiger partial charge in [0, 0.05) is 22.0 Å². The molecule has 0 aliphatic carbocycles. The summed E-state index contributed by atoms with van der Waals surface area (Å²) in [4.78, 5) is 2.42. The van der Waals surface area contributed by atoms with E-state index < -0.39 is 0 Å². The first-order valence-corrected chi connectivity index (χ1v) is 17.1. The van der Waals surface area contributed by atoms with Crippen molar-refractivity contribution in [1.82, 2.24) is 0 Å². The van der Waals surface area contributed by atoms with Gasteiger partial charge < -0.3 is 9.32 Å². The molecule has 10 rings (SSSR count). The van der Waals surface area contributed by atoms with Crippen LogP contribution in [0.5, 0.6) is 0 Å². The van der Waals surface area contributed by atoms with Crippen molar-refractivity contribution in [3.05, 3.63) is 188 Å². The third-order valence-electron chi connectivity index (χ3n) is 10.0. The van der Waals surface area contributed by atoms with Gasteiger partial charge in [-0.1, -0.05) is 152 Å². The van der Waals surface area contributed by atoms with E-state index in [9.17, 15) is 0 Å². The van der Waals surface area contributed by atoms with Crippen molar-refractivity contribution >= 4 is 71.3 Å². The second-order valence-corrected chi connectivity index (χ2v) is 12.9. The van der Waals surface area contributed by atoms with Crippen LogP contribution in [0.15, 0.2) is 192 Å². The van der Waals surface area contributed by atoms with Gasteiger partial charge in [-0.2, -0.15) is 0 Å². The minimum absolute atomic E-state index is 0.862. The minimum Gasteiger partial charge on any atom is -0.455 e. The fourth-order valence-corrected chi connectivity index (χ4v) is 7.75. The van der Waals surface area contributed by atoms with Crippen molar-refractivity contribution < 1.29 is 4.42 Å². The first-order chi connectivity index (χ1) is 24.8. The maximum absolute atomic E-state index is 6.87. The molecule has 0 bridgehead atoms. The highest BCUT2D eigenvalue weighted by Gasteiger charge is 2.24. The first-order valence-electron chi connectivity index (χ1n) is 17.1. The number of fused-ring (bicyclic) bond motifs is 7. The second-order valence-electron chi connectivity index (χ2n) is 12.9. The lowest BCUT2D eigenvalue weighted by atomic mass is 9.92. The molecule has 0 spiro atoms. The van der Waals surface area contributed by atoms with Crippen LogP contribution in [0.1, 0.15) is 0 Å². The zero-order chi connectivity index (χ0) is 33.0. The van der Waals surface area contributed by atoms with Gasteiger partial charge >= 0.3 is 0 Å². The lowest BCUT2D eigenvalue weighted by Crippen LogP contribution is -2.11. The van der Waals surface area contributed by atoms with Crippen LogP contribution in [0.25, 0.3) is 76.5 Å². The monoisotopic (exact) mass is 637 g/mol. The zero-order valence-electron chi connectivity index (χ0n) is 27.3. The topological polar surface area (TPSA) is 16.4 Å². The molecule has 0 radical (unpaired) electrons. The average Bonchev–Trinajstić information content (AvgIpc) is 3.58. The van der Waals surface area contributed by atoms with Gasteiger partial charge in [-0.05, 0) is 80.0 Å². The van der Waals surface area contributed by atoms with Crippen LogP contribution in [0.4, 0.5) is 17.1 Å². The summed E-state index contributed by atoms with van der Waals surface area (Å²) in [5, 5.41) is 9.35. The number of para-hydroxylation sites is 1. The molecule has 0 N–H and O–H groups in total. The summed E-state index contributed by atoms with van der Waals surface area (Å²) < 4.78 is 6.87. The second kappa shape index (κ2) is 11.5. The molecular formula is C48H31NO. The van der Waals surface area contributed by atoms with E-state index in [1.807, 2.05) is 0 Å². The molecule has 2 nitrogen and oxygen atoms in total. The SMILES string of the molecule is c1ccc(-c2ccccc2N(c2ccc3ccccc3c2)c2cccc3oc4c5ccccc5c(-c5cccc6ccccc56)cc4c23)cc1. The Hall–Kier alpha value is -6.64. The summed E-state index contributed by atoms with van der Waals surface area (Å²) in [6.07, 6.45) is 0. The number of hydrogen-bond donors (Lipinski definition) is 0. The molecular weight excluding hydrogens is 607 g/mol.